The summed E-state index contributed by atoms with van der Waals surface area (Å²) in [5.41, 5.74) is -0.355. The number of nitrogens with zero attached hydrogens (tertiary/aromatic N) is 1. The molecule has 110 valence electrons. The molecule has 1 saturated heterocycles. The fourth-order valence-electron chi connectivity index (χ4n) is 2.15. The summed E-state index contributed by atoms with van der Waals surface area (Å²) >= 11 is 0. The number of hydrogen-bond acceptors (Lipinski definition) is 4. The molecule has 19 heavy (non-hydrogen) atoms. The number of morpholine rings is 1. The zero-order chi connectivity index (χ0) is 14.6. The van der Waals surface area contributed by atoms with Gasteiger partial charge in [0.1, 0.15) is 0 Å². The molecular weight excluding hydrogens is 246 g/mol. The molecule has 0 aromatic carbocycles. The van der Waals surface area contributed by atoms with Gasteiger partial charge in [-0.05, 0) is 34.6 Å². The van der Waals surface area contributed by atoms with Crippen LogP contribution < -0.4 is 10.6 Å². The van der Waals surface area contributed by atoms with Crippen molar-refractivity contribution >= 4 is 11.9 Å². The normalized spacial score (nSPS) is 24.9. The summed E-state index contributed by atoms with van der Waals surface area (Å²) in [4.78, 5) is 25.3. The van der Waals surface area contributed by atoms with Gasteiger partial charge in [0.2, 0.25) is 5.91 Å². The van der Waals surface area contributed by atoms with E-state index in [1.807, 2.05) is 39.5 Å². The van der Waals surface area contributed by atoms with E-state index in [0.717, 1.165) is 0 Å². The molecule has 6 nitrogen and oxygen atoms in total. The summed E-state index contributed by atoms with van der Waals surface area (Å²) in [6.07, 6.45) is 0.222. The van der Waals surface area contributed by atoms with Gasteiger partial charge >= 0.3 is 6.03 Å². The van der Waals surface area contributed by atoms with Crippen molar-refractivity contribution in [3.63, 3.8) is 0 Å². The lowest BCUT2D eigenvalue weighted by molar-refractivity contribution is -0.124. The number of amides is 3. The second-order valence-electron chi connectivity index (χ2n) is 6.20. The Morgan fingerprint density at radius 1 is 1.21 bits per heavy atom. The molecule has 1 fully saturated rings. The molecule has 1 heterocycles. The summed E-state index contributed by atoms with van der Waals surface area (Å²) in [6, 6.07) is -0.452. The van der Waals surface area contributed by atoms with Crippen LogP contribution in [0.5, 0.6) is 0 Å². The van der Waals surface area contributed by atoms with Crippen molar-refractivity contribution < 1.29 is 14.3 Å². The number of imide groups is 1. The monoisotopic (exact) mass is 271 g/mol. The molecule has 0 aromatic heterocycles. The Kier molecular flexibility index (Phi) is 5.31. The van der Waals surface area contributed by atoms with Gasteiger partial charge in [-0.1, -0.05) is 0 Å². The van der Waals surface area contributed by atoms with Crippen LogP contribution in [0.4, 0.5) is 4.79 Å². The van der Waals surface area contributed by atoms with Crippen molar-refractivity contribution in [2.24, 2.45) is 0 Å². The molecule has 3 amide bonds. The van der Waals surface area contributed by atoms with Crippen molar-refractivity contribution in [2.45, 2.75) is 52.4 Å². The second kappa shape index (κ2) is 6.34. The number of carbonyl (C=O) groups excluding carboxylic acids is 2. The number of rotatable bonds is 2. The second-order valence-corrected chi connectivity index (χ2v) is 6.20. The van der Waals surface area contributed by atoms with E-state index in [-0.39, 0.29) is 30.2 Å². The summed E-state index contributed by atoms with van der Waals surface area (Å²) < 4.78 is 5.59. The molecule has 0 spiro atoms. The minimum Gasteiger partial charge on any atom is -0.373 e. The zero-order valence-electron chi connectivity index (χ0n) is 12.4. The molecule has 2 atom stereocenters. The van der Waals surface area contributed by atoms with Gasteiger partial charge in [0.25, 0.3) is 0 Å². The van der Waals surface area contributed by atoms with Crippen LogP contribution in [0.3, 0.4) is 0 Å². The Hall–Kier alpha value is -1.14. The lowest BCUT2D eigenvalue weighted by Gasteiger charge is -2.34. The van der Waals surface area contributed by atoms with Crippen molar-refractivity contribution in [3.05, 3.63) is 0 Å². The van der Waals surface area contributed by atoms with E-state index in [0.29, 0.717) is 13.1 Å². The lowest BCUT2D eigenvalue weighted by atomic mass is 10.1. The first-order valence-electron chi connectivity index (χ1n) is 6.65. The van der Waals surface area contributed by atoms with E-state index >= 15 is 0 Å². The van der Waals surface area contributed by atoms with Gasteiger partial charge in [0.05, 0.1) is 18.8 Å². The fraction of sp³-hybridized carbons (Fsp3) is 0.846. The molecule has 1 aliphatic rings. The molecule has 0 aromatic rings. The quantitative estimate of drug-likeness (QED) is 0.776. The highest BCUT2D eigenvalue weighted by Gasteiger charge is 2.24. The van der Waals surface area contributed by atoms with Gasteiger partial charge in [0.15, 0.2) is 0 Å². The van der Waals surface area contributed by atoms with E-state index in [4.69, 9.17) is 4.74 Å². The molecule has 1 rings (SSSR count). The molecule has 6 heteroatoms. The Bertz CT molecular complexity index is 329. The van der Waals surface area contributed by atoms with Gasteiger partial charge in [-0.25, -0.2) is 4.79 Å². The molecule has 1 aliphatic heterocycles. The Labute approximate surface area is 114 Å². The molecule has 0 radical (unpaired) electrons. The van der Waals surface area contributed by atoms with Crippen LogP contribution in [0, 0.1) is 0 Å². The first kappa shape index (κ1) is 15.9. The number of hydrogen-bond donors (Lipinski definition) is 2. The summed E-state index contributed by atoms with van der Waals surface area (Å²) in [5, 5.41) is 5.03. The average molecular weight is 271 g/mol. The van der Waals surface area contributed by atoms with Crippen LogP contribution in [0.1, 0.15) is 34.6 Å². The molecule has 0 bridgehead atoms. The third-order valence-electron chi connectivity index (χ3n) is 2.60. The maximum absolute atomic E-state index is 11.8. The van der Waals surface area contributed by atoms with Crippen LogP contribution >= 0.6 is 0 Å². The summed E-state index contributed by atoms with van der Waals surface area (Å²) in [5.74, 6) is -0.289. The predicted molar refractivity (Wildman–Crippen MR) is 72.9 cm³/mol. The number of ether oxygens (including phenoxy) is 1. The number of urea groups is 1. The average Bonchev–Trinajstić information content (AvgIpc) is 2.10. The van der Waals surface area contributed by atoms with Crippen LogP contribution in [-0.2, 0) is 9.53 Å². The predicted octanol–water partition coefficient (Wildman–Crippen LogP) is 0.720. The minimum absolute atomic E-state index is 0.111. The van der Waals surface area contributed by atoms with Crippen molar-refractivity contribution in [3.8, 4) is 0 Å². The van der Waals surface area contributed by atoms with Crippen molar-refractivity contribution in [2.75, 3.05) is 19.6 Å². The summed E-state index contributed by atoms with van der Waals surface area (Å²) in [6.45, 7) is 11.2. The van der Waals surface area contributed by atoms with E-state index < -0.39 is 6.03 Å². The fourth-order valence-corrected chi connectivity index (χ4v) is 2.15. The van der Waals surface area contributed by atoms with E-state index in [1.165, 1.54) is 0 Å². The Morgan fingerprint density at radius 2 is 1.74 bits per heavy atom. The van der Waals surface area contributed by atoms with Gasteiger partial charge in [0, 0.05) is 18.6 Å². The SMILES string of the molecule is C[C@@H]1CN(CC(=O)NC(=O)NC(C)(C)C)C[C@H](C)O1. The first-order valence-corrected chi connectivity index (χ1v) is 6.65. The van der Waals surface area contributed by atoms with Gasteiger partial charge in [-0.15, -0.1) is 0 Å². The molecule has 2 N–H and O–H groups in total. The smallest absolute Gasteiger partial charge is 0.321 e. The Morgan fingerprint density at radius 3 is 2.21 bits per heavy atom. The van der Waals surface area contributed by atoms with Crippen LogP contribution in [-0.4, -0.2) is 54.2 Å². The minimum atomic E-state index is -0.452. The lowest BCUT2D eigenvalue weighted by Crippen LogP contribution is -2.53. The van der Waals surface area contributed by atoms with Gasteiger partial charge in [-0.2, -0.15) is 0 Å². The Balaban J connectivity index is 2.36. The van der Waals surface area contributed by atoms with Crippen LogP contribution in [0.15, 0.2) is 0 Å². The van der Waals surface area contributed by atoms with Gasteiger partial charge in [-0.3, -0.25) is 15.0 Å². The van der Waals surface area contributed by atoms with E-state index in [2.05, 4.69) is 10.6 Å². The van der Waals surface area contributed by atoms with Crippen molar-refractivity contribution in [1.82, 2.24) is 15.5 Å². The van der Waals surface area contributed by atoms with E-state index in [1.54, 1.807) is 0 Å². The molecule has 0 aliphatic carbocycles. The standard InChI is InChI=1S/C13H25N3O3/c1-9-6-16(7-10(2)19-9)8-11(17)14-12(18)15-13(3,4)5/h9-10H,6-8H2,1-5H3,(H2,14,15,17,18)/t9-,10+. The highest BCUT2D eigenvalue weighted by molar-refractivity contribution is 5.95. The maximum Gasteiger partial charge on any atom is 0.321 e. The molecule has 0 saturated carbocycles. The van der Waals surface area contributed by atoms with Crippen LogP contribution in [0.2, 0.25) is 0 Å². The third kappa shape index (κ3) is 6.54. The third-order valence-corrected chi connectivity index (χ3v) is 2.60. The highest BCUT2D eigenvalue weighted by atomic mass is 16.5. The van der Waals surface area contributed by atoms with Gasteiger partial charge < -0.3 is 10.1 Å². The van der Waals surface area contributed by atoms with E-state index in [9.17, 15) is 9.59 Å². The molecular formula is C13H25N3O3. The zero-order valence-corrected chi connectivity index (χ0v) is 12.4. The molecule has 0 unspecified atom stereocenters. The first-order chi connectivity index (χ1) is 8.65. The van der Waals surface area contributed by atoms with Crippen molar-refractivity contribution in [1.29, 1.82) is 0 Å². The van der Waals surface area contributed by atoms with Crippen LogP contribution in [0.25, 0.3) is 0 Å². The largest absolute Gasteiger partial charge is 0.373 e. The summed E-state index contributed by atoms with van der Waals surface area (Å²) in [7, 11) is 0. The maximum atomic E-state index is 11.8. The number of carbonyl (C=O) groups is 2. The number of nitrogens with one attached hydrogen (secondary N) is 2. The highest BCUT2D eigenvalue weighted by Crippen LogP contribution is 2.09. The topological polar surface area (TPSA) is 70.7 Å².